The van der Waals surface area contributed by atoms with E-state index in [1.165, 1.54) is 6.07 Å². The Morgan fingerprint density at radius 1 is 1.24 bits per heavy atom. The molecule has 1 atom stereocenters. The van der Waals surface area contributed by atoms with Gasteiger partial charge in [-0.2, -0.15) is 0 Å². The van der Waals surface area contributed by atoms with Crippen LogP contribution in [0, 0.1) is 6.92 Å². The molecule has 0 radical (unpaired) electrons. The Kier molecular flexibility index (Phi) is 5.55. The molecule has 2 N–H and O–H groups in total. The summed E-state index contributed by atoms with van der Waals surface area (Å²) in [5, 5.41) is 17.1. The van der Waals surface area contributed by atoms with Crippen LogP contribution in [0.3, 0.4) is 0 Å². The number of hydrogen-bond acceptors (Lipinski definition) is 7. The van der Waals surface area contributed by atoms with Crippen molar-refractivity contribution >= 4 is 27.5 Å². The van der Waals surface area contributed by atoms with Crippen LogP contribution < -0.4 is 10.1 Å². The molecule has 0 aliphatic rings. The lowest BCUT2D eigenvalue weighted by atomic mass is 10.1. The van der Waals surface area contributed by atoms with Crippen LogP contribution in [0.5, 0.6) is 5.75 Å². The van der Waals surface area contributed by atoms with E-state index in [0.29, 0.717) is 11.5 Å². The Labute approximate surface area is 170 Å². The first-order valence-electron chi connectivity index (χ1n) is 9.04. The molecule has 4 aromatic rings. The zero-order valence-corrected chi connectivity index (χ0v) is 16.5. The van der Waals surface area contributed by atoms with Crippen molar-refractivity contribution in [3.05, 3.63) is 76.6 Å². The van der Waals surface area contributed by atoms with Crippen molar-refractivity contribution in [2.75, 3.05) is 6.61 Å². The van der Waals surface area contributed by atoms with Crippen LogP contribution in [0.15, 0.2) is 59.1 Å². The molecule has 4 rings (SSSR count). The van der Waals surface area contributed by atoms with E-state index in [9.17, 15) is 9.90 Å². The van der Waals surface area contributed by atoms with Gasteiger partial charge in [0.1, 0.15) is 12.4 Å². The number of hydrogen-bond donors (Lipinski definition) is 2. The SMILES string of the molecule is Cc1nc2cc(OCc3cc(C(=O)N[C@H](CO)c4ccccc4)no3)ccc2s1. The molecule has 2 aromatic heterocycles. The lowest BCUT2D eigenvalue weighted by Crippen LogP contribution is -2.30. The van der Waals surface area contributed by atoms with Gasteiger partial charge in [-0.25, -0.2) is 4.98 Å². The van der Waals surface area contributed by atoms with Crippen molar-refractivity contribution in [3.63, 3.8) is 0 Å². The van der Waals surface area contributed by atoms with Crippen LogP contribution in [0.1, 0.15) is 32.9 Å². The molecule has 0 saturated carbocycles. The van der Waals surface area contributed by atoms with E-state index in [1.807, 2.05) is 55.5 Å². The third kappa shape index (κ3) is 4.44. The predicted octanol–water partition coefficient (Wildman–Crippen LogP) is 3.64. The average Bonchev–Trinajstić information content (AvgIpc) is 3.36. The van der Waals surface area contributed by atoms with E-state index < -0.39 is 11.9 Å². The van der Waals surface area contributed by atoms with Gasteiger partial charge in [0.15, 0.2) is 11.5 Å². The second-order valence-electron chi connectivity index (χ2n) is 6.45. The summed E-state index contributed by atoms with van der Waals surface area (Å²) in [6.07, 6.45) is 0. The molecule has 7 nitrogen and oxygen atoms in total. The zero-order chi connectivity index (χ0) is 20.2. The monoisotopic (exact) mass is 409 g/mol. The molecular weight excluding hydrogens is 390 g/mol. The molecule has 0 fully saturated rings. The van der Waals surface area contributed by atoms with Gasteiger partial charge in [0, 0.05) is 12.1 Å². The second kappa shape index (κ2) is 8.42. The van der Waals surface area contributed by atoms with Gasteiger partial charge in [0.25, 0.3) is 5.91 Å². The first kappa shape index (κ1) is 19.1. The van der Waals surface area contributed by atoms with Crippen molar-refractivity contribution in [3.8, 4) is 5.75 Å². The number of benzene rings is 2. The zero-order valence-electron chi connectivity index (χ0n) is 15.7. The summed E-state index contributed by atoms with van der Waals surface area (Å²) < 4.78 is 12.0. The van der Waals surface area contributed by atoms with E-state index in [-0.39, 0.29) is 18.9 Å². The molecule has 0 spiro atoms. The summed E-state index contributed by atoms with van der Waals surface area (Å²) in [4.78, 5) is 16.9. The van der Waals surface area contributed by atoms with Crippen LogP contribution in [-0.4, -0.2) is 27.8 Å². The van der Waals surface area contributed by atoms with Crippen molar-refractivity contribution in [2.24, 2.45) is 0 Å². The quantitative estimate of drug-likeness (QED) is 0.484. The van der Waals surface area contributed by atoms with Gasteiger partial charge in [-0.05, 0) is 24.6 Å². The lowest BCUT2D eigenvalue weighted by molar-refractivity contribution is 0.0906. The second-order valence-corrected chi connectivity index (χ2v) is 7.68. The van der Waals surface area contributed by atoms with Gasteiger partial charge in [-0.15, -0.1) is 11.3 Å². The highest BCUT2D eigenvalue weighted by atomic mass is 32.1. The minimum Gasteiger partial charge on any atom is -0.485 e. The minimum atomic E-state index is -0.520. The van der Waals surface area contributed by atoms with Crippen molar-refractivity contribution < 1.29 is 19.2 Å². The first-order valence-corrected chi connectivity index (χ1v) is 9.86. The van der Waals surface area contributed by atoms with E-state index >= 15 is 0 Å². The summed E-state index contributed by atoms with van der Waals surface area (Å²) in [5.74, 6) is 0.654. The Hall–Kier alpha value is -3.23. The number of ether oxygens (including phenoxy) is 1. The smallest absolute Gasteiger partial charge is 0.274 e. The van der Waals surface area contributed by atoms with Crippen LogP contribution >= 0.6 is 11.3 Å². The first-order chi connectivity index (χ1) is 14.1. The van der Waals surface area contributed by atoms with E-state index in [2.05, 4.69) is 15.5 Å². The molecular formula is C21H19N3O4S. The van der Waals surface area contributed by atoms with E-state index in [1.54, 1.807) is 11.3 Å². The number of nitrogens with zero attached hydrogens (tertiary/aromatic N) is 2. The Bertz CT molecular complexity index is 1120. The van der Waals surface area contributed by atoms with Gasteiger partial charge in [-0.3, -0.25) is 4.79 Å². The van der Waals surface area contributed by atoms with Crippen molar-refractivity contribution in [2.45, 2.75) is 19.6 Å². The fourth-order valence-electron chi connectivity index (χ4n) is 2.91. The highest BCUT2D eigenvalue weighted by Gasteiger charge is 2.18. The van der Waals surface area contributed by atoms with Gasteiger partial charge in [0.05, 0.1) is 27.9 Å². The topological polar surface area (TPSA) is 97.5 Å². The molecule has 1 amide bonds. The molecule has 0 bridgehead atoms. The Morgan fingerprint density at radius 3 is 2.86 bits per heavy atom. The highest BCUT2D eigenvalue weighted by molar-refractivity contribution is 7.18. The number of aliphatic hydroxyl groups excluding tert-OH is 1. The number of rotatable bonds is 7. The molecule has 0 aliphatic heterocycles. The number of thiazole rings is 1. The normalized spacial score (nSPS) is 12.1. The maximum absolute atomic E-state index is 12.4. The lowest BCUT2D eigenvalue weighted by Gasteiger charge is -2.15. The fourth-order valence-corrected chi connectivity index (χ4v) is 3.71. The number of aliphatic hydroxyl groups is 1. The molecule has 2 aromatic carbocycles. The standard InChI is InChI=1S/C21H19N3O4S/c1-13-22-17-9-15(7-8-20(17)29-13)27-12-16-10-18(24-28-16)21(26)23-19(11-25)14-5-3-2-4-6-14/h2-10,19,25H,11-12H2,1H3,(H,23,26)/t19-/m1/s1. The summed E-state index contributed by atoms with van der Waals surface area (Å²) >= 11 is 1.63. The number of amides is 1. The molecule has 148 valence electrons. The maximum atomic E-state index is 12.4. The summed E-state index contributed by atoms with van der Waals surface area (Å²) in [7, 11) is 0. The number of carbonyl (C=O) groups is 1. The number of carbonyl (C=O) groups excluding carboxylic acids is 1. The number of aryl methyl sites for hydroxylation is 1. The van der Waals surface area contributed by atoms with Gasteiger partial charge < -0.3 is 19.7 Å². The summed E-state index contributed by atoms with van der Waals surface area (Å²) in [5.41, 5.74) is 1.82. The van der Waals surface area contributed by atoms with E-state index in [4.69, 9.17) is 9.26 Å². The number of nitrogens with one attached hydrogen (secondary N) is 1. The highest BCUT2D eigenvalue weighted by Crippen LogP contribution is 2.26. The van der Waals surface area contributed by atoms with Crippen molar-refractivity contribution in [1.29, 1.82) is 0 Å². The Balaban J connectivity index is 1.38. The van der Waals surface area contributed by atoms with Crippen LogP contribution in [0.25, 0.3) is 10.2 Å². The van der Waals surface area contributed by atoms with Gasteiger partial charge in [-0.1, -0.05) is 35.5 Å². The third-order valence-corrected chi connectivity index (χ3v) is 5.28. The van der Waals surface area contributed by atoms with Crippen molar-refractivity contribution in [1.82, 2.24) is 15.5 Å². The Morgan fingerprint density at radius 2 is 2.07 bits per heavy atom. The number of aromatic nitrogens is 2. The average molecular weight is 409 g/mol. The number of fused-ring (bicyclic) bond motifs is 1. The molecule has 29 heavy (non-hydrogen) atoms. The fraction of sp³-hybridized carbons (Fsp3) is 0.190. The minimum absolute atomic E-state index is 0.128. The molecule has 0 unspecified atom stereocenters. The summed E-state index contributed by atoms with van der Waals surface area (Å²) in [6.45, 7) is 1.88. The van der Waals surface area contributed by atoms with Gasteiger partial charge >= 0.3 is 0 Å². The largest absolute Gasteiger partial charge is 0.485 e. The van der Waals surface area contributed by atoms with E-state index in [0.717, 1.165) is 20.8 Å². The van der Waals surface area contributed by atoms with Gasteiger partial charge in [0.2, 0.25) is 0 Å². The van der Waals surface area contributed by atoms with Crippen LogP contribution in [0.4, 0.5) is 0 Å². The van der Waals surface area contributed by atoms with Crippen LogP contribution in [-0.2, 0) is 6.61 Å². The molecule has 2 heterocycles. The molecule has 8 heteroatoms. The molecule has 0 aliphatic carbocycles. The maximum Gasteiger partial charge on any atom is 0.274 e. The predicted molar refractivity (Wildman–Crippen MR) is 109 cm³/mol. The summed E-state index contributed by atoms with van der Waals surface area (Å²) in [6, 6.07) is 16.0. The van der Waals surface area contributed by atoms with Crippen LogP contribution in [0.2, 0.25) is 0 Å². The third-order valence-electron chi connectivity index (χ3n) is 4.33. The molecule has 0 saturated heterocycles.